The third kappa shape index (κ3) is 3.66. The Labute approximate surface area is 160 Å². The van der Waals surface area contributed by atoms with Crippen LogP contribution in [0.1, 0.15) is 6.42 Å². The maximum atomic E-state index is 13.3. The molecule has 0 spiro atoms. The Morgan fingerprint density at radius 2 is 1.52 bits per heavy atom. The Bertz CT molecular complexity index is 963. The summed E-state index contributed by atoms with van der Waals surface area (Å²) >= 11 is 1.71. The fourth-order valence-corrected chi connectivity index (χ4v) is 4.13. The predicted molar refractivity (Wildman–Crippen MR) is 104 cm³/mol. The van der Waals surface area contributed by atoms with E-state index >= 15 is 0 Å². The molecule has 6 heteroatoms. The van der Waals surface area contributed by atoms with E-state index in [2.05, 4.69) is 22.3 Å². The third-order valence-electron chi connectivity index (χ3n) is 4.30. The molecule has 0 saturated carbocycles. The number of carbonyl (C=O) groups is 1. The number of halogens is 2. The van der Waals surface area contributed by atoms with Crippen LogP contribution in [0.5, 0.6) is 0 Å². The van der Waals surface area contributed by atoms with Gasteiger partial charge in [-0.3, -0.25) is 4.79 Å². The van der Waals surface area contributed by atoms with E-state index in [1.807, 2.05) is 36.4 Å². The summed E-state index contributed by atoms with van der Waals surface area (Å²) in [5, 5.41) is 2.62. The van der Waals surface area contributed by atoms with Gasteiger partial charge in [-0.15, -0.1) is 0 Å². The Balaban J connectivity index is 1.51. The topological polar surface area (TPSA) is 32.3 Å². The van der Waals surface area contributed by atoms with E-state index in [1.54, 1.807) is 11.8 Å². The fourth-order valence-electron chi connectivity index (χ4n) is 3.03. The van der Waals surface area contributed by atoms with Crippen molar-refractivity contribution in [1.82, 2.24) is 0 Å². The lowest BCUT2D eigenvalue weighted by Crippen LogP contribution is -2.25. The standard InChI is InChI=1S/C21H16F2N2OS/c22-15-10-9-14(13-16(15)23)24-21(26)11-12-25-17-5-1-3-7-19(17)27-20-8-4-2-6-18(20)25/h1-10,13H,11-12H2,(H,24,26). The lowest BCUT2D eigenvalue weighted by Gasteiger charge is -2.32. The Morgan fingerprint density at radius 1 is 0.889 bits per heavy atom. The van der Waals surface area contributed by atoms with Crippen molar-refractivity contribution in [1.29, 1.82) is 0 Å². The third-order valence-corrected chi connectivity index (χ3v) is 5.43. The summed E-state index contributed by atoms with van der Waals surface area (Å²) in [5.74, 6) is -2.18. The minimum atomic E-state index is -0.983. The monoisotopic (exact) mass is 382 g/mol. The average molecular weight is 382 g/mol. The van der Waals surface area contributed by atoms with Crippen molar-refractivity contribution in [3.63, 3.8) is 0 Å². The van der Waals surface area contributed by atoms with Crippen LogP contribution in [0.3, 0.4) is 0 Å². The molecule has 4 rings (SSSR count). The number of rotatable bonds is 4. The van der Waals surface area contributed by atoms with Gasteiger partial charge in [0.1, 0.15) is 0 Å². The van der Waals surface area contributed by atoms with Gasteiger partial charge in [-0.1, -0.05) is 36.0 Å². The van der Waals surface area contributed by atoms with Gasteiger partial charge in [0.2, 0.25) is 5.91 Å². The van der Waals surface area contributed by atoms with Crippen molar-refractivity contribution < 1.29 is 13.6 Å². The first-order chi connectivity index (χ1) is 13.1. The van der Waals surface area contributed by atoms with Gasteiger partial charge in [0.05, 0.1) is 11.4 Å². The molecule has 0 bridgehead atoms. The summed E-state index contributed by atoms with van der Waals surface area (Å²) in [7, 11) is 0. The average Bonchev–Trinajstić information content (AvgIpc) is 2.68. The second kappa shape index (κ2) is 7.40. The molecule has 1 aliphatic heterocycles. The van der Waals surface area contributed by atoms with Gasteiger partial charge in [-0.05, 0) is 36.4 Å². The van der Waals surface area contributed by atoms with E-state index in [9.17, 15) is 13.6 Å². The quantitative estimate of drug-likeness (QED) is 0.638. The molecule has 3 aromatic carbocycles. The maximum absolute atomic E-state index is 13.3. The number of benzene rings is 3. The van der Waals surface area contributed by atoms with E-state index in [-0.39, 0.29) is 18.0 Å². The van der Waals surface area contributed by atoms with Crippen LogP contribution in [0.4, 0.5) is 25.8 Å². The highest BCUT2D eigenvalue weighted by atomic mass is 32.2. The molecule has 0 radical (unpaired) electrons. The number of amides is 1. The molecule has 0 saturated heterocycles. The van der Waals surface area contributed by atoms with Gasteiger partial charge in [0.15, 0.2) is 11.6 Å². The van der Waals surface area contributed by atoms with Crippen LogP contribution in [0.15, 0.2) is 76.5 Å². The number of fused-ring (bicyclic) bond motifs is 2. The first-order valence-electron chi connectivity index (χ1n) is 8.50. The van der Waals surface area contributed by atoms with Gasteiger partial charge >= 0.3 is 0 Å². The van der Waals surface area contributed by atoms with Crippen LogP contribution in [0.2, 0.25) is 0 Å². The van der Waals surface area contributed by atoms with Crippen LogP contribution in [-0.2, 0) is 4.79 Å². The zero-order valence-corrected chi connectivity index (χ0v) is 15.1. The SMILES string of the molecule is O=C(CCN1c2ccccc2Sc2ccccc21)Nc1ccc(F)c(F)c1. The largest absolute Gasteiger partial charge is 0.339 e. The van der Waals surface area contributed by atoms with Crippen LogP contribution in [-0.4, -0.2) is 12.5 Å². The van der Waals surface area contributed by atoms with Crippen molar-refractivity contribution in [3.8, 4) is 0 Å². The minimum absolute atomic E-state index is 0.215. The Morgan fingerprint density at radius 3 is 2.15 bits per heavy atom. The molecular weight excluding hydrogens is 366 g/mol. The first kappa shape index (κ1) is 17.5. The zero-order chi connectivity index (χ0) is 18.8. The van der Waals surface area contributed by atoms with Crippen molar-refractivity contribution >= 4 is 34.7 Å². The molecule has 0 aromatic heterocycles. The summed E-state index contributed by atoms with van der Waals surface area (Å²) < 4.78 is 26.3. The minimum Gasteiger partial charge on any atom is -0.339 e. The molecule has 1 N–H and O–H groups in total. The van der Waals surface area contributed by atoms with Crippen molar-refractivity contribution in [3.05, 3.63) is 78.4 Å². The van der Waals surface area contributed by atoms with Crippen LogP contribution < -0.4 is 10.2 Å². The van der Waals surface area contributed by atoms with Gasteiger partial charge < -0.3 is 10.2 Å². The molecule has 3 nitrogen and oxygen atoms in total. The fraction of sp³-hybridized carbons (Fsp3) is 0.0952. The zero-order valence-electron chi connectivity index (χ0n) is 14.3. The smallest absolute Gasteiger partial charge is 0.226 e. The number of nitrogens with one attached hydrogen (secondary N) is 1. The maximum Gasteiger partial charge on any atom is 0.226 e. The lowest BCUT2D eigenvalue weighted by molar-refractivity contribution is -0.116. The van der Waals surface area contributed by atoms with Crippen molar-refractivity contribution in [2.24, 2.45) is 0 Å². The molecule has 1 amide bonds. The molecule has 0 atom stereocenters. The highest BCUT2D eigenvalue weighted by molar-refractivity contribution is 7.99. The second-order valence-electron chi connectivity index (χ2n) is 6.12. The van der Waals surface area contributed by atoms with E-state index in [4.69, 9.17) is 0 Å². The number of nitrogens with zero attached hydrogens (tertiary/aromatic N) is 1. The number of anilines is 3. The van der Waals surface area contributed by atoms with Crippen molar-refractivity contribution in [2.75, 3.05) is 16.8 Å². The normalized spacial score (nSPS) is 12.3. The van der Waals surface area contributed by atoms with Crippen molar-refractivity contribution in [2.45, 2.75) is 16.2 Å². The lowest BCUT2D eigenvalue weighted by atomic mass is 10.2. The van der Waals surface area contributed by atoms with Crippen LogP contribution >= 0.6 is 11.8 Å². The van der Waals surface area contributed by atoms with Gasteiger partial charge in [-0.25, -0.2) is 8.78 Å². The van der Waals surface area contributed by atoms with E-state index in [0.29, 0.717) is 6.54 Å². The summed E-state index contributed by atoms with van der Waals surface area (Å²) in [6, 6.07) is 19.4. The number of para-hydroxylation sites is 2. The second-order valence-corrected chi connectivity index (χ2v) is 7.20. The Hall–Kier alpha value is -2.86. The molecule has 27 heavy (non-hydrogen) atoms. The molecule has 0 fully saturated rings. The first-order valence-corrected chi connectivity index (χ1v) is 9.32. The van der Waals surface area contributed by atoms with Crippen LogP contribution in [0, 0.1) is 11.6 Å². The summed E-state index contributed by atoms with van der Waals surface area (Å²) in [6.45, 7) is 0.476. The van der Waals surface area contributed by atoms with Gasteiger partial charge in [-0.2, -0.15) is 0 Å². The van der Waals surface area contributed by atoms with Crippen LogP contribution in [0.25, 0.3) is 0 Å². The van der Waals surface area contributed by atoms with Gasteiger partial charge in [0.25, 0.3) is 0 Å². The summed E-state index contributed by atoms with van der Waals surface area (Å²) in [6.07, 6.45) is 0.215. The Kier molecular flexibility index (Phi) is 4.81. The highest BCUT2D eigenvalue weighted by Crippen LogP contribution is 2.47. The molecule has 0 unspecified atom stereocenters. The molecule has 1 heterocycles. The molecule has 1 aliphatic rings. The molecule has 3 aromatic rings. The highest BCUT2D eigenvalue weighted by Gasteiger charge is 2.23. The van der Waals surface area contributed by atoms with E-state index < -0.39 is 11.6 Å². The molecular formula is C21H16F2N2OS. The molecule has 0 aliphatic carbocycles. The summed E-state index contributed by atoms with van der Waals surface area (Å²) in [4.78, 5) is 16.7. The molecule has 136 valence electrons. The number of hydrogen-bond donors (Lipinski definition) is 1. The van der Waals surface area contributed by atoms with Gasteiger partial charge in [0, 0.05) is 34.5 Å². The number of hydrogen-bond acceptors (Lipinski definition) is 3. The summed E-state index contributed by atoms with van der Waals surface area (Å²) in [5.41, 5.74) is 2.36. The predicted octanol–water partition coefficient (Wildman–Crippen LogP) is 5.60. The van der Waals surface area contributed by atoms with E-state index in [1.165, 1.54) is 6.07 Å². The number of carbonyl (C=O) groups excluding carboxylic acids is 1. The van der Waals surface area contributed by atoms with E-state index in [0.717, 1.165) is 33.3 Å².